The van der Waals surface area contributed by atoms with Crippen molar-refractivity contribution in [1.29, 1.82) is 0 Å². The molecule has 2 fully saturated rings. The summed E-state index contributed by atoms with van der Waals surface area (Å²) in [5.74, 6) is -0.491. The van der Waals surface area contributed by atoms with Gasteiger partial charge in [0.15, 0.2) is 0 Å². The van der Waals surface area contributed by atoms with E-state index in [-0.39, 0.29) is 53.9 Å². The largest absolute Gasteiger partial charge is 0.417 e. The smallest absolute Gasteiger partial charge is 0.355 e. The normalized spacial score (nSPS) is 17.4. The van der Waals surface area contributed by atoms with Gasteiger partial charge in [-0.2, -0.15) is 13.2 Å². The number of piperidine rings is 1. The van der Waals surface area contributed by atoms with E-state index in [0.29, 0.717) is 31.6 Å². The molecule has 0 saturated carbocycles. The number of aromatic nitrogens is 1. The monoisotopic (exact) mass is 494 g/mol. The maximum absolute atomic E-state index is 12.8. The molecule has 0 atom stereocenters. The first-order valence-corrected chi connectivity index (χ1v) is 11.2. The third-order valence-corrected chi connectivity index (χ3v) is 6.31. The molecule has 1 aromatic heterocycles. The Labute approximate surface area is 198 Å². The lowest BCUT2D eigenvalue weighted by molar-refractivity contribution is -0.139. The SMILES string of the molecule is O=C(Nc1ccc(CN2C(=O)CCC2=O)cc1)C1CCN(c2ncc(C(F)(F)F)cc2Cl)CC1. The van der Waals surface area contributed by atoms with E-state index in [1.165, 1.54) is 4.90 Å². The van der Waals surface area contributed by atoms with Gasteiger partial charge in [0.1, 0.15) is 5.82 Å². The van der Waals surface area contributed by atoms with Crippen molar-refractivity contribution in [3.8, 4) is 0 Å². The van der Waals surface area contributed by atoms with Crippen LogP contribution in [0.2, 0.25) is 5.02 Å². The summed E-state index contributed by atoms with van der Waals surface area (Å²) in [7, 11) is 0. The maximum Gasteiger partial charge on any atom is 0.417 e. The molecule has 0 bridgehead atoms. The molecule has 0 spiro atoms. The minimum atomic E-state index is -4.51. The van der Waals surface area contributed by atoms with Crippen molar-refractivity contribution >= 4 is 40.8 Å². The average molecular weight is 495 g/mol. The van der Waals surface area contributed by atoms with E-state index in [4.69, 9.17) is 11.6 Å². The molecule has 2 aliphatic heterocycles. The predicted molar refractivity (Wildman–Crippen MR) is 119 cm³/mol. The van der Waals surface area contributed by atoms with Crippen LogP contribution in [0.4, 0.5) is 24.7 Å². The topological polar surface area (TPSA) is 82.6 Å². The van der Waals surface area contributed by atoms with Crippen molar-refractivity contribution in [2.75, 3.05) is 23.3 Å². The van der Waals surface area contributed by atoms with Crippen LogP contribution in [0.3, 0.4) is 0 Å². The highest BCUT2D eigenvalue weighted by Crippen LogP contribution is 2.34. The zero-order valence-electron chi connectivity index (χ0n) is 18.1. The van der Waals surface area contributed by atoms with Gasteiger partial charge >= 0.3 is 6.18 Å². The third kappa shape index (κ3) is 5.32. The van der Waals surface area contributed by atoms with E-state index in [0.717, 1.165) is 17.8 Å². The van der Waals surface area contributed by atoms with Crippen LogP contribution < -0.4 is 10.2 Å². The molecule has 3 amide bonds. The number of nitrogens with zero attached hydrogens (tertiary/aromatic N) is 3. The average Bonchev–Trinajstić information content (AvgIpc) is 3.12. The molecule has 2 aromatic rings. The first-order chi connectivity index (χ1) is 16.1. The fraction of sp³-hybridized carbons (Fsp3) is 0.391. The molecule has 1 aromatic carbocycles. The van der Waals surface area contributed by atoms with Gasteiger partial charge in [-0.05, 0) is 36.6 Å². The number of hydrogen-bond acceptors (Lipinski definition) is 5. The van der Waals surface area contributed by atoms with Crippen LogP contribution in [0.25, 0.3) is 0 Å². The van der Waals surface area contributed by atoms with Gasteiger partial charge in [0.05, 0.1) is 17.1 Å². The quantitative estimate of drug-likeness (QED) is 0.628. The lowest BCUT2D eigenvalue weighted by Gasteiger charge is -2.32. The Bertz CT molecular complexity index is 1080. The molecule has 3 heterocycles. The van der Waals surface area contributed by atoms with Gasteiger partial charge in [0, 0.05) is 43.7 Å². The van der Waals surface area contributed by atoms with Crippen LogP contribution in [0.15, 0.2) is 36.5 Å². The second-order valence-electron chi connectivity index (χ2n) is 8.35. The summed E-state index contributed by atoms with van der Waals surface area (Å²) in [6.07, 6.45) is -2.26. The van der Waals surface area contributed by atoms with Crippen LogP contribution in [0.5, 0.6) is 0 Å². The van der Waals surface area contributed by atoms with Gasteiger partial charge in [-0.15, -0.1) is 0 Å². The van der Waals surface area contributed by atoms with Gasteiger partial charge in [-0.25, -0.2) is 4.98 Å². The number of amides is 3. The minimum absolute atomic E-state index is 0.0739. The Morgan fingerprint density at radius 2 is 1.71 bits per heavy atom. The number of carbonyl (C=O) groups is 3. The van der Waals surface area contributed by atoms with Crippen LogP contribution in [-0.2, 0) is 27.1 Å². The molecule has 2 saturated heterocycles. The number of imide groups is 1. The summed E-state index contributed by atoms with van der Waals surface area (Å²) in [5.41, 5.74) is 0.485. The Morgan fingerprint density at radius 3 is 2.26 bits per heavy atom. The molecule has 34 heavy (non-hydrogen) atoms. The van der Waals surface area contributed by atoms with Crippen LogP contribution in [0.1, 0.15) is 36.8 Å². The summed E-state index contributed by atoms with van der Waals surface area (Å²) in [5, 5.41) is 2.79. The van der Waals surface area contributed by atoms with Crippen LogP contribution in [-0.4, -0.2) is 40.7 Å². The summed E-state index contributed by atoms with van der Waals surface area (Å²) < 4.78 is 38.5. The molecule has 11 heteroatoms. The Hall–Kier alpha value is -3.14. The Kier molecular flexibility index (Phi) is 6.79. The Morgan fingerprint density at radius 1 is 1.09 bits per heavy atom. The lowest BCUT2D eigenvalue weighted by Crippen LogP contribution is -2.38. The zero-order valence-corrected chi connectivity index (χ0v) is 18.8. The number of nitrogens with one attached hydrogen (secondary N) is 1. The summed E-state index contributed by atoms with van der Waals surface area (Å²) in [4.78, 5) is 43.1. The number of rotatable bonds is 5. The number of likely N-dealkylation sites (tertiary alicyclic amines) is 1. The van der Waals surface area contributed by atoms with Gasteiger partial charge in [-0.1, -0.05) is 23.7 Å². The van der Waals surface area contributed by atoms with Crippen molar-refractivity contribution in [1.82, 2.24) is 9.88 Å². The van der Waals surface area contributed by atoms with Crippen molar-refractivity contribution in [3.63, 3.8) is 0 Å². The minimum Gasteiger partial charge on any atom is -0.355 e. The molecule has 0 aliphatic carbocycles. The number of alkyl halides is 3. The van der Waals surface area contributed by atoms with E-state index in [1.807, 2.05) is 0 Å². The highest BCUT2D eigenvalue weighted by atomic mass is 35.5. The van der Waals surface area contributed by atoms with E-state index in [1.54, 1.807) is 29.2 Å². The molecule has 2 aliphatic rings. The van der Waals surface area contributed by atoms with Crippen molar-refractivity contribution in [2.24, 2.45) is 5.92 Å². The fourth-order valence-corrected chi connectivity index (χ4v) is 4.38. The highest BCUT2D eigenvalue weighted by molar-refractivity contribution is 6.33. The first-order valence-electron chi connectivity index (χ1n) is 10.8. The molecule has 0 unspecified atom stereocenters. The third-order valence-electron chi connectivity index (χ3n) is 6.03. The second-order valence-corrected chi connectivity index (χ2v) is 8.76. The predicted octanol–water partition coefficient (Wildman–Crippen LogP) is 4.26. The second kappa shape index (κ2) is 9.61. The summed E-state index contributed by atoms with van der Waals surface area (Å²) in [6.45, 7) is 1.09. The molecular formula is C23H22ClF3N4O3. The number of benzene rings is 1. The molecule has 7 nitrogen and oxygen atoms in total. The highest BCUT2D eigenvalue weighted by Gasteiger charge is 2.33. The molecule has 4 rings (SSSR count). The molecule has 1 N–H and O–H groups in total. The maximum atomic E-state index is 12.8. The molecule has 180 valence electrons. The van der Waals surface area contributed by atoms with Crippen molar-refractivity contribution in [3.05, 3.63) is 52.7 Å². The van der Waals surface area contributed by atoms with Gasteiger partial charge in [-0.3, -0.25) is 19.3 Å². The number of anilines is 2. The number of hydrogen-bond donors (Lipinski definition) is 1. The van der Waals surface area contributed by atoms with Gasteiger partial charge in [0.25, 0.3) is 0 Å². The van der Waals surface area contributed by atoms with Crippen LogP contribution >= 0.6 is 11.6 Å². The van der Waals surface area contributed by atoms with E-state index >= 15 is 0 Å². The van der Waals surface area contributed by atoms with Crippen LogP contribution in [0, 0.1) is 5.92 Å². The van der Waals surface area contributed by atoms with Crippen molar-refractivity contribution in [2.45, 2.75) is 38.4 Å². The standard InChI is InChI=1S/C23H22ClF3N4O3/c24-18-11-16(23(25,26)27)12-28-21(18)30-9-7-15(8-10-30)22(34)29-17-3-1-14(2-4-17)13-31-19(32)5-6-20(31)33/h1-4,11-12,15H,5-10,13H2,(H,29,34). The lowest BCUT2D eigenvalue weighted by atomic mass is 9.95. The van der Waals surface area contributed by atoms with E-state index in [2.05, 4.69) is 10.3 Å². The summed E-state index contributed by atoms with van der Waals surface area (Å²) in [6, 6.07) is 7.82. The van der Waals surface area contributed by atoms with E-state index < -0.39 is 11.7 Å². The molecule has 0 radical (unpaired) electrons. The number of carbonyl (C=O) groups excluding carboxylic acids is 3. The van der Waals surface area contributed by atoms with Gasteiger partial charge < -0.3 is 10.2 Å². The van der Waals surface area contributed by atoms with Gasteiger partial charge in [0.2, 0.25) is 17.7 Å². The zero-order chi connectivity index (χ0) is 24.5. The fourth-order valence-electron chi connectivity index (χ4n) is 4.09. The van der Waals surface area contributed by atoms with Crippen molar-refractivity contribution < 1.29 is 27.6 Å². The Balaban J connectivity index is 1.30. The number of pyridine rings is 1. The number of halogens is 4. The first kappa shape index (κ1) is 24.0. The van der Waals surface area contributed by atoms with E-state index in [9.17, 15) is 27.6 Å². The molecular weight excluding hydrogens is 473 g/mol. The summed E-state index contributed by atoms with van der Waals surface area (Å²) >= 11 is 6.03.